The Morgan fingerprint density at radius 1 is 0.857 bits per heavy atom. The average Bonchev–Trinajstić information content (AvgIpc) is 3.24. The highest BCUT2D eigenvalue weighted by atomic mass is 32.1. The molecule has 0 saturated heterocycles. The molecule has 28 heavy (non-hydrogen) atoms. The van der Waals surface area contributed by atoms with Crippen LogP contribution < -0.4 is 0 Å². The first kappa shape index (κ1) is 17.9. The van der Waals surface area contributed by atoms with Gasteiger partial charge in [-0.2, -0.15) is 5.26 Å². The third-order valence-electron chi connectivity index (χ3n) is 4.63. The van der Waals surface area contributed by atoms with Crippen molar-refractivity contribution in [1.82, 2.24) is 4.98 Å². The highest BCUT2D eigenvalue weighted by molar-refractivity contribution is 7.11. The Morgan fingerprint density at radius 2 is 1.50 bits per heavy atom. The van der Waals surface area contributed by atoms with Gasteiger partial charge < -0.3 is 0 Å². The number of rotatable bonds is 4. The molecule has 1 heterocycles. The molecule has 1 aromatic heterocycles. The molecular weight excluding hydrogens is 360 g/mol. The number of aromatic nitrogens is 1. The van der Waals surface area contributed by atoms with Crippen LogP contribution >= 0.6 is 11.3 Å². The van der Waals surface area contributed by atoms with Crippen molar-refractivity contribution in [2.75, 3.05) is 0 Å². The standard InChI is InChI=1S/C25H18N2S/c1-18-7-5-6-10-22(18)15-23(16-26)25-27-24(17-28-25)21-13-11-20(12-14-21)19-8-3-2-4-9-19/h2-15,17H,1H3. The first-order valence-electron chi connectivity index (χ1n) is 9.04. The van der Waals surface area contributed by atoms with Gasteiger partial charge in [0.25, 0.3) is 0 Å². The summed E-state index contributed by atoms with van der Waals surface area (Å²) >= 11 is 1.50. The van der Waals surface area contributed by atoms with Gasteiger partial charge in [-0.1, -0.05) is 78.9 Å². The van der Waals surface area contributed by atoms with Crippen LogP contribution in [0.4, 0.5) is 0 Å². The van der Waals surface area contributed by atoms with Crippen LogP contribution in [-0.4, -0.2) is 4.98 Å². The van der Waals surface area contributed by atoms with E-state index in [2.05, 4.69) is 42.5 Å². The molecule has 3 aromatic carbocycles. The fourth-order valence-corrected chi connectivity index (χ4v) is 3.83. The summed E-state index contributed by atoms with van der Waals surface area (Å²) in [6.07, 6.45) is 1.91. The van der Waals surface area contributed by atoms with E-state index < -0.39 is 0 Å². The van der Waals surface area contributed by atoms with Crippen molar-refractivity contribution in [2.45, 2.75) is 6.92 Å². The smallest absolute Gasteiger partial charge is 0.134 e. The average molecular weight is 378 g/mol. The van der Waals surface area contributed by atoms with Crippen LogP contribution in [0.1, 0.15) is 16.1 Å². The van der Waals surface area contributed by atoms with E-state index in [9.17, 15) is 5.26 Å². The van der Waals surface area contributed by atoms with E-state index in [4.69, 9.17) is 4.98 Å². The maximum absolute atomic E-state index is 9.62. The second-order valence-corrected chi connectivity index (χ2v) is 7.37. The van der Waals surface area contributed by atoms with Crippen molar-refractivity contribution in [3.05, 3.63) is 100 Å². The largest absolute Gasteiger partial charge is 0.235 e. The van der Waals surface area contributed by atoms with E-state index in [0.29, 0.717) is 5.57 Å². The van der Waals surface area contributed by atoms with Gasteiger partial charge in [0.05, 0.1) is 11.3 Å². The maximum atomic E-state index is 9.62. The molecule has 3 heteroatoms. The number of aryl methyl sites for hydroxylation is 1. The van der Waals surface area contributed by atoms with Crippen molar-refractivity contribution in [3.8, 4) is 28.5 Å². The zero-order chi connectivity index (χ0) is 19.3. The zero-order valence-corrected chi connectivity index (χ0v) is 16.3. The molecule has 0 spiro atoms. The molecule has 0 aliphatic rings. The van der Waals surface area contributed by atoms with E-state index >= 15 is 0 Å². The fourth-order valence-electron chi connectivity index (χ4n) is 3.04. The lowest BCUT2D eigenvalue weighted by Crippen LogP contribution is -1.85. The Balaban J connectivity index is 1.62. The van der Waals surface area contributed by atoms with Gasteiger partial charge in [0.2, 0.25) is 0 Å². The summed E-state index contributed by atoms with van der Waals surface area (Å²) in [6.45, 7) is 2.04. The van der Waals surface area contributed by atoms with Gasteiger partial charge in [-0.25, -0.2) is 4.98 Å². The third kappa shape index (κ3) is 3.78. The van der Waals surface area contributed by atoms with Crippen molar-refractivity contribution < 1.29 is 0 Å². The topological polar surface area (TPSA) is 36.7 Å². The van der Waals surface area contributed by atoms with Gasteiger partial charge in [-0.15, -0.1) is 11.3 Å². The summed E-state index contributed by atoms with van der Waals surface area (Å²) in [4.78, 5) is 4.71. The van der Waals surface area contributed by atoms with E-state index in [1.54, 1.807) is 0 Å². The van der Waals surface area contributed by atoms with Crippen LogP contribution in [0.3, 0.4) is 0 Å². The molecule has 4 aromatic rings. The molecule has 2 nitrogen and oxygen atoms in total. The van der Waals surface area contributed by atoms with Crippen molar-refractivity contribution in [1.29, 1.82) is 5.26 Å². The molecule has 0 bridgehead atoms. The second-order valence-electron chi connectivity index (χ2n) is 6.51. The second kappa shape index (κ2) is 8.04. The van der Waals surface area contributed by atoms with Crippen LogP contribution in [-0.2, 0) is 0 Å². The van der Waals surface area contributed by atoms with Crippen LogP contribution in [0.2, 0.25) is 0 Å². The van der Waals surface area contributed by atoms with Gasteiger partial charge in [0.1, 0.15) is 11.1 Å². The van der Waals surface area contributed by atoms with Gasteiger partial charge in [0, 0.05) is 10.9 Å². The van der Waals surface area contributed by atoms with Crippen molar-refractivity contribution in [3.63, 3.8) is 0 Å². The maximum Gasteiger partial charge on any atom is 0.134 e. The van der Waals surface area contributed by atoms with Crippen molar-refractivity contribution in [2.24, 2.45) is 0 Å². The lowest BCUT2D eigenvalue weighted by Gasteiger charge is -2.03. The molecule has 0 atom stereocenters. The molecule has 0 aliphatic carbocycles. The molecular formula is C25H18N2S. The summed E-state index contributed by atoms with van der Waals surface area (Å²) < 4.78 is 0. The van der Waals surface area contributed by atoms with Gasteiger partial charge in [-0.05, 0) is 35.3 Å². The van der Waals surface area contributed by atoms with Crippen LogP contribution in [0, 0.1) is 18.3 Å². The Kier molecular flexibility index (Phi) is 5.14. The molecule has 0 radical (unpaired) electrons. The number of thiazole rings is 1. The number of nitriles is 1. The lowest BCUT2D eigenvalue weighted by atomic mass is 10.0. The summed E-state index contributed by atoms with van der Waals surface area (Å²) in [5, 5.41) is 12.4. The summed E-state index contributed by atoms with van der Waals surface area (Å²) in [5.41, 5.74) is 7.09. The van der Waals surface area contributed by atoms with E-state index in [1.165, 1.54) is 22.5 Å². The zero-order valence-electron chi connectivity index (χ0n) is 15.5. The highest BCUT2D eigenvalue weighted by Crippen LogP contribution is 2.29. The SMILES string of the molecule is Cc1ccccc1C=C(C#N)c1nc(-c2ccc(-c3ccccc3)cc2)cs1. The Bertz CT molecular complexity index is 1160. The molecule has 134 valence electrons. The minimum atomic E-state index is 0.589. The molecule has 0 saturated carbocycles. The van der Waals surface area contributed by atoms with Gasteiger partial charge >= 0.3 is 0 Å². The predicted octanol–water partition coefficient (Wildman–Crippen LogP) is 6.85. The molecule has 0 amide bonds. The fraction of sp³-hybridized carbons (Fsp3) is 0.0400. The van der Waals surface area contributed by atoms with Crippen LogP contribution in [0.15, 0.2) is 84.2 Å². The summed E-state index contributed by atoms with van der Waals surface area (Å²) in [6, 6.07) is 29.0. The predicted molar refractivity (Wildman–Crippen MR) is 118 cm³/mol. The first-order valence-corrected chi connectivity index (χ1v) is 9.92. The van der Waals surface area contributed by atoms with E-state index in [0.717, 1.165) is 27.4 Å². The third-order valence-corrected chi connectivity index (χ3v) is 5.51. The number of hydrogen-bond donors (Lipinski definition) is 0. The monoisotopic (exact) mass is 378 g/mol. The molecule has 4 rings (SSSR count). The first-order chi connectivity index (χ1) is 13.7. The Labute approximate surface area is 169 Å². The quantitative estimate of drug-likeness (QED) is 0.364. The van der Waals surface area contributed by atoms with E-state index in [-0.39, 0.29) is 0 Å². The molecule has 0 N–H and O–H groups in total. The minimum Gasteiger partial charge on any atom is -0.235 e. The van der Waals surface area contributed by atoms with Gasteiger partial charge in [-0.3, -0.25) is 0 Å². The molecule has 0 unspecified atom stereocenters. The van der Waals surface area contributed by atoms with E-state index in [1.807, 2.05) is 60.8 Å². The number of hydrogen-bond acceptors (Lipinski definition) is 3. The normalized spacial score (nSPS) is 11.2. The van der Waals surface area contributed by atoms with Crippen molar-refractivity contribution >= 4 is 23.0 Å². The molecule has 0 aliphatic heterocycles. The number of allylic oxidation sites excluding steroid dienone is 1. The lowest BCUT2D eigenvalue weighted by molar-refractivity contribution is 1.37. The summed E-state index contributed by atoms with van der Waals surface area (Å²) in [7, 11) is 0. The highest BCUT2D eigenvalue weighted by Gasteiger charge is 2.10. The van der Waals surface area contributed by atoms with Gasteiger partial charge in [0.15, 0.2) is 0 Å². The van der Waals surface area contributed by atoms with Crippen LogP contribution in [0.5, 0.6) is 0 Å². The number of benzene rings is 3. The molecule has 0 fully saturated rings. The Morgan fingerprint density at radius 3 is 2.21 bits per heavy atom. The minimum absolute atomic E-state index is 0.589. The Hall–Kier alpha value is -3.48. The summed E-state index contributed by atoms with van der Waals surface area (Å²) in [5.74, 6) is 0. The number of nitrogens with zero attached hydrogens (tertiary/aromatic N) is 2. The van der Waals surface area contributed by atoms with Crippen LogP contribution in [0.25, 0.3) is 34.0 Å².